The van der Waals surface area contributed by atoms with E-state index in [4.69, 9.17) is 14.6 Å². The quantitative estimate of drug-likeness (QED) is 0.667. The van der Waals surface area contributed by atoms with E-state index in [1.54, 1.807) is 0 Å². The van der Waals surface area contributed by atoms with E-state index in [0.717, 1.165) is 12.3 Å². The molecule has 0 heterocycles. The number of hydrogen-bond donors (Lipinski definition) is 1. The van der Waals surface area contributed by atoms with Crippen molar-refractivity contribution in [2.24, 2.45) is 0 Å². The highest BCUT2D eigenvalue weighted by Gasteiger charge is 2.00. The molecule has 20 heavy (non-hydrogen) atoms. The highest BCUT2D eigenvalue weighted by atomic mass is 16.5. The summed E-state index contributed by atoms with van der Waals surface area (Å²) >= 11 is 0. The van der Waals surface area contributed by atoms with Crippen LogP contribution < -0.4 is 4.74 Å². The van der Waals surface area contributed by atoms with Crippen molar-refractivity contribution in [2.75, 3.05) is 46.6 Å². The highest BCUT2D eigenvalue weighted by Crippen LogP contribution is 2.18. The van der Waals surface area contributed by atoms with Crippen molar-refractivity contribution in [3.8, 4) is 5.75 Å². The van der Waals surface area contributed by atoms with Gasteiger partial charge in [-0.25, -0.2) is 0 Å². The van der Waals surface area contributed by atoms with Crippen LogP contribution in [0.2, 0.25) is 0 Å². The summed E-state index contributed by atoms with van der Waals surface area (Å²) in [5.74, 6) is 1.43. The first-order valence-corrected chi connectivity index (χ1v) is 7.23. The standard InChI is InChI=1S/C16H27NO3/c1-14(2)15-4-6-16(7-5-15)20-13-12-19-11-9-17(3)8-10-18/h4-7,14,18H,8-13H2,1-3H3. The van der Waals surface area contributed by atoms with Crippen molar-refractivity contribution >= 4 is 0 Å². The molecule has 1 N–H and O–H groups in total. The minimum Gasteiger partial charge on any atom is -0.491 e. The van der Waals surface area contributed by atoms with Crippen molar-refractivity contribution in [1.82, 2.24) is 4.90 Å². The minimum absolute atomic E-state index is 0.186. The molecule has 4 nitrogen and oxygen atoms in total. The van der Waals surface area contributed by atoms with Crippen LogP contribution in [0.3, 0.4) is 0 Å². The highest BCUT2D eigenvalue weighted by molar-refractivity contribution is 5.28. The molecule has 0 aliphatic carbocycles. The number of aliphatic hydroxyl groups excluding tert-OH is 1. The summed E-state index contributed by atoms with van der Waals surface area (Å²) in [5.41, 5.74) is 1.32. The Morgan fingerprint density at radius 3 is 2.35 bits per heavy atom. The number of rotatable bonds is 10. The number of hydrogen-bond acceptors (Lipinski definition) is 4. The lowest BCUT2D eigenvalue weighted by Crippen LogP contribution is -2.26. The summed E-state index contributed by atoms with van der Waals surface area (Å²) < 4.78 is 11.1. The molecule has 1 rings (SSSR count). The Morgan fingerprint density at radius 2 is 1.75 bits per heavy atom. The third kappa shape index (κ3) is 6.89. The summed E-state index contributed by atoms with van der Waals surface area (Å²) in [6.07, 6.45) is 0. The second-order valence-electron chi connectivity index (χ2n) is 5.21. The van der Waals surface area contributed by atoms with E-state index in [2.05, 4.69) is 26.0 Å². The Bertz CT molecular complexity index is 351. The van der Waals surface area contributed by atoms with E-state index in [0.29, 0.717) is 32.3 Å². The molecule has 0 saturated carbocycles. The number of ether oxygens (including phenoxy) is 2. The van der Waals surface area contributed by atoms with Gasteiger partial charge in [-0.3, -0.25) is 0 Å². The van der Waals surface area contributed by atoms with Crippen LogP contribution in [-0.4, -0.2) is 56.6 Å². The Balaban J connectivity index is 2.09. The average Bonchev–Trinajstić information content (AvgIpc) is 2.43. The van der Waals surface area contributed by atoms with Gasteiger partial charge in [-0.2, -0.15) is 0 Å². The zero-order valence-electron chi connectivity index (χ0n) is 12.8. The summed E-state index contributed by atoms with van der Waals surface area (Å²) in [4.78, 5) is 2.03. The first kappa shape index (κ1) is 17.0. The fraction of sp³-hybridized carbons (Fsp3) is 0.625. The van der Waals surface area contributed by atoms with Gasteiger partial charge in [0.25, 0.3) is 0 Å². The van der Waals surface area contributed by atoms with E-state index in [9.17, 15) is 0 Å². The zero-order chi connectivity index (χ0) is 14.8. The van der Waals surface area contributed by atoms with Crippen molar-refractivity contribution in [2.45, 2.75) is 19.8 Å². The summed E-state index contributed by atoms with van der Waals surface area (Å²) in [6.45, 7) is 7.85. The van der Waals surface area contributed by atoms with Gasteiger partial charge in [0.1, 0.15) is 12.4 Å². The lowest BCUT2D eigenvalue weighted by atomic mass is 10.0. The monoisotopic (exact) mass is 281 g/mol. The Hall–Kier alpha value is -1.10. The average molecular weight is 281 g/mol. The maximum atomic E-state index is 8.75. The van der Waals surface area contributed by atoms with Gasteiger partial charge >= 0.3 is 0 Å². The van der Waals surface area contributed by atoms with Crippen molar-refractivity contribution in [1.29, 1.82) is 0 Å². The van der Waals surface area contributed by atoms with Gasteiger partial charge in [-0.05, 0) is 30.7 Å². The van der Waals surface area contributed by atoms with Gasteiger partial charge < -0.3 is 19.5 Å². The molecular formula is C16H27NO3. The van der Waals surface area contributed by atoms with Gasteiger partial charge in [-0.15, -0.1) is 0 Å². The first-order valence-electron chi connectivity index (χ1n) is 7.23. The van der Waals surface area contributed by atoms with Crippen molar-refractivity contribution in [3.05, 3.63) is 29.8 Å². The van der Waals surface area contributed by atoms with Crippen molar-refractivity contribution in [3.63, 3.8) is 0 Å². The van der Waals surface area contributed by atoms with E-state index in [1.807, 2.05) is 24.1 Å². The van der Waals surface area contributed by atoms with Crippen LogP contribution >= 0.6 is 0 Å². The second-order valence-corrected chi connectivity index (χ2v) is 5.21. The van der Waals surface area contributed by atoms with Crippen LogP contribution in [0.4, 0.5) is 0 Å². The summed E-state index contributed by atoms with van der Waals surface area (Å²) in [7, 11) is 1.96. The molecule has 0 spiro atoms. The van der Waals surface area contributed by atoms with E-state index in [1.165, 1.54) is 5.56 Å². The van der Waals surface area contributed by atoms with Crippen LogP contribution in [0, 0.1) is 0 Å². The van der Waals surface area contributed by atoms with Gasteiger partial charge in [0.2, 0.25) is 0 Å². The maximum Gasteiger partial charge on any atom is 0.119 e. The normalized spacial score (nSPS) is 11.3. The van der Waals surface area contributed by atoms with Crippen LogP contribution in [0.1, 0.15) is 25.3 Å². The molecule has 0 amide bonds. The molecule has 0 radical (unpaired) electrons. The molecule has 1 aromatic rings. The molecule has 1 aromatic carbocycles. The molecule has 0 atom stereocenters. The largest absolute Gasteiger partial charge is 0.491 e. The predicted octanol–water partition coefficient (Wildman–Crippen LogP) is 2.13. The molecule has 4 heteroatoms. The lowest BCUT2D eigenvalue weighted by Gasteiger charge is -2.15. The van der Waals surface area contributed by atoms with Gasteiger partial charge in [-0.1, -0.05) is 26.0 Å². The van der Waals surface area contributed by atoms with Gasteiger partial charge in [0.15, 0.2) is 0 Å². The van der Waals surface area contributed by atoms with E-state index < -0.39 is 0 Å². The maximum absolute atomic E-state index is 8.75. The predicted molar refractivity (Wildman–Crippen MR) is 81.4 cm³/mol. The molecular weight excluding hydrogens is 254 g/mol. The molecule has 0 aliphatic heterocycles. The first-order chi connectivity index (χ1) is 9.63. The summed E-state index contributed by atoms with van der Waals surface area (Å²) in [5, 5.41) is 8.75. The number of aliphatic hydroxyl groups is 1. The van der Waals surface area contributed by atoms with E-state index >= 15 is 0 Å². The third-order valence-electron chi connectivity index (χ3n) is 3.14. The minimum atomic E-state index is 0.186. The number of benzene rings is 1. The fourth-order valence-electron chi connectivity index (χ4n) is 1.77. The number of nitrogens with zero attached hydrogens (tertiary/aromatic N) is 1. The van der Waals surface area contributed by atoms with Crippen LogP contribution in [-0.2, 0) is 4.74 Å². The van der Waals surface area contributed by atoms with Gasteiger partial charge in [0.05, 0.1) is 19.8 Å². The Labute approximate surface area is 122 Å². The topological polar surface area (TPSA) is 41.9 Å². The molecule has 0 bridgehead atoms. The third-order valence-corrected chi connectivity index (χ3v) is 3.14. The molecule has 0 saturated heterocycles. The zero-order valence-corrected chi connectivity index (χ0v) is 12.8. The van der Waals surface area contributed by atoms with Crippen LogP contribution in [0.25, 0.3) is 0 Å². The SMILES string of the molecule is CC(C)c1ccc(OCCOCCN(C)CCO)cc1. The second kappa shape index (κ2) is 9.75. The molecule has 0 aliphatic rings. The van der Waals surface area contributed by atoms with Crippen LogP contribution in [0.15, 0.2) is 24.3 Å². The number of likely N-dealkylation sites (N-methyl/N-ethyl adjacent to an activating group) is 1. The Morgan fingerprint density at radius 1 is 1.05 bits per heavy atom. The fourth-order valence-corrected chi connectivity index (χ4v) is 1.77. The van der Waals surface area contributed by atoms with Crippen LogP contribution in [0.5, 0.6) is 5.75 Å². The molecule has 0 unspecified atom stereocenters. The molecule has 0 aromatic heterocycles. The van der Waals surface area contributed by atoms with Gasteiger partial charge in [0, 0.05) is 13.1 Å². The molecule has 0 fully saturated rings. The lowest BCUT2D eigenvalue weighted by molar-refractivity contribution is 0.0813. The van der Waals surface area contributed by atoms with Crippen molar-refractivity contribution < 1.29 is 14.6 Å². The Kier molecular flexibility index (Phi) is 8.26. The van der Waals surface area contributed by atoms with E-state index in [-0.39, 0.29) is 6.61 Å². The molecule has 114 valence electrons. The summed E-state index contributed by atoms with van der Waals surface area (Å²) in [6, 6.07) is 8.21. The smallest absolute Gasteiger partial charge is 0.119 e.